The lowest BCUT2D eigenvalue weighted by Gasteiger charge is -2.20. The van der Waals surface area contributed by atoms with Gasteiger partial charge in [0.25, 0.3) is 5.91 Å². The van der Waals surface area contributed by atoms with Crippen LogP contribution in [0.25, 0.3) is 0 Å². The molecule has 19 heavy (non-hydrogen) atoms. The molecule has 98 valence electrons. The van der Waals surface area contributed by atoms with Crippen molar-refractivity contribution in [2.24, 2.45) is 0 Å². The molecule has 0 aliphatic heterocycles. The van der Waals surface area contributed by atoms with E-state index >= 15 is 0 Å². The number of hydrogen-bond donors (Lipinski definition) is 0. The largest absolute Gasteiger partial charge is 0.335 e. The minimum Gasteiger partial charge on any atom is -0.335 e. The van der Waals surface area contributed by atoms with E-state index in [1.165, 1.54) is 6.20 Å². The van der Waals surface area contributed by atoms with Gasteiger partial charge < -0.3 is 4.90 Å². The molecule has 2 aromatic rings. The Kier molecular flexibility index (Phi) is 4.47. The molecule has 0 unspecified atom stereocenters. The smallest absolute Gasteiger partial charge is 0.255 e. The van der Waals surface area contributed by atoms with Crippen molar-refractivity contribution in [1.82, 2.24) is 14.9 Å². The Balaban J connectivity index is 2.13. The van der Waals surface area contributed by atoms with Crippen molar-refractivity contribution in [2.75, 3.05) is 6.54 Å². The maximum absolute atomic E-state index is 12.3. The number of carbonyl (C=O) groups is 1. The van der Waals surface area contributed by atoms with Crippen LogP contribution < -0.4 is 0 Å². The third-order valence-electron chi connectivity index (χ3n) is 2.77. The zero-order valence-electron chi connectivity index (χ0n) is 10.6. The number of pyridine rings is 2. The second-order valence-corrected chi connectivity index (χ2v) is 4.43. The first-order chi connectivity index (χ1) is 9.20. The van der Waals surface area contributed by atoms with E-state index in [-0.39, 0.29) is 5.91 Å². The van der Waals surface area contributed by atoms with Gasteiger partial charge in [-0.3, -0.25) is 9.78 Å². The molecule has 0 bridgehead atoms. The van der Waals surface area contributed by atoms with Gasteiger partial charge in [-0.05, 0) is 36.8 Å². The van der Waals surface area contributed by atoms with E-state index in [2.05, 4.69) is 9.97 Å². The molecule has 2 heterocycles. The highest BCUT2D eigenvalue weighted by atomic mass is 35.5. The summed E-state index contributed by atoms with van der Waals surface area (Å²) < 4.78 is 0. The summed E-state index contributed by atoms with van der Waals surface area (Å²) in [5.74, 6) is -0.0523. The molecule has 0 aliphatic carbocycles. The first kappa shape index (κ1) is 13.5. The van der Waals surface area contributed by atoms with Gasteiger partial charge in [0.15, 0.2) is 0 Å². The standard InChI is InChI=1S/C14H14ClN3O/c1-2-18(10-11-5-7-16-8-6-11)14(19)12-3-4-13(15)17-9-12/h3-9H,2,10H2,1H3. The third kappa shape index (κ3) is 3.51. The molecule has 0 saturated heterocycles. The van der Waals surface area contributed by atoms with E-state index in [4.69, 9.17) is 11.6 Å². The second-order valence-electron chi connectivity index (χ2n) is 4.04. The van der Waals surface area contributed by atoms with Crippen molar-refractivity contribution in [1.29, 1.82) is 0 Å². The van der Waals surface area contributed by atoms with E-state index in [1.807, 2.05) is 19.1 Å². The average molecular weight is 276 g/mol. The molecule has 0 N–H and O–H groups in total. The van der Waals surface area contributed by atoms with E-state index in [9.17, 15) is 4.79 Å². The van der Waals surface area contributed by atoms with E-state index < -0.39 is 0 Å². The van der Waals surface area contributed by atoms with Crippen LogP contribution in [0.1, 0.15) is 22.8 Å². The van der Waals surface area contributed by atoms with Crippen LogP contribution in [-0.2, 0) is 6.54 Å². The van der Waals surface area contributed by atoms with Crippen LogP contribution >= 0.6 is 11.6 Å². The predicted octanol–water partition coefficient (Wildman–Crippen LogP) is 2.79. The molecule has 0 saturated carbocycles. The highest BCUT2D eigenvalue weighted by molar-refractivity contribution is 6.29. The van der Waals surface area contributed by atoms with Gasteiger partial charge in [0.1, 0.15) is 5.15 Å². The third-order valence-corrected chi connectivity index (χ3v) is 2.99. The number of carbonyl (C=O) groups excluding carboxylic acids is 1. The summed E-state index contributed by atoms with van der Waals surface area (Å²) in [7, 11) is 0. The fourth-order valence-corrected chi connectivity index (χ4v) is 1.83. The topological polar surface area (TPSA) is 46.1 Å². The molecule has 0 spiro atoms. The maximum Gasteiger partial charge on any atom is 0.255 e. The lowest BCUT2D eigenvalue weighted by atomic mass is 10.2. The summed E-state index contributed by atoms with van der Waals surface area (Å²) in [6.07, 6.45) is 4.94. The van der Waals surface area contributed by atoms with Gasteiger partial charge >= 0.3 is 0 Å². The number of nitrogens with zero attached hydrogens (tertiary/aromatic N) is 3. The van der Waals surface area contributed by atoms with Crippen molar-refractivity contribution in [2.45, 2.75) is 13.5 Å². The van der Waals surface area contributed by atoms with Crippen LogP contribution in [0.3, 0.4) is 0 Å². The number of amides is 1. The number of rotatable bonds is 4. The fourth-order valence-electron chi connectivity index (χ4n) is 1.72. The molecule has 4 nitrogen and oxygen atoms in total. The van der Waals surface area contributed by atoms with Crippen LogP contribution in [0.15, 0.2) is 42.9 Å². The molecule has 2 aromatic heterocycles. The highest BCUT2D eigenvalue weighted by Gasteiger charge is 2.14. The Labute approximate surface area is 117 Å². The second kappa shape index (κ2) is 6.29. The van der Waals surface area contributed by atoms with Gasteiger partial charge in [0, 0.05) is 31.7 Å². The summed E-state index contributed by atoms with van der Waals surface area (Å²) in [4.78, 5) is 22.0. The fraction of sp³-hybridized carbons (Fsp3) is 0.214. The van der Waals surface area contributed by atoms with Gasteiger partial charge in [-0.2, -0.15) is 0 Å². The SMILES string of the molecule is CCN(Cc1ccncc1)C(=O)c1ccc(Cl)nc1. The van der Waals surface area contributed by atoms with E-state index in [0.717, 1.165) is 5.56 Å². The summed E-state index contributed by atoms with van der Waals surface area (Å²) in [6, 6.07) is 7.11. The normalized spacial score (nSPS) is 10.2. The van der Waals surface area contributed by atoms with Gasteiger partial charge in [0.05, 0.1) is 5.56 Å². The van der Waals surface area contributed by atoms with Crippen LogP contribution in [-0.4, -0.2) is 27.3 Å². The molecular weight excluding hydrogens is 262 g/mol. The number of hydrogen-bond acceptors (Lipinski definition) is 3. The molecule has 1 amide bonds. The van der Waals surface area contributed by atoms with Crippen LogP contribution in [0.2, 0.25) is 5.15 Å². The molecule has 0 aromatic carbocycles. The molecule has 0 fully saturated rings. The summed E-state index contributed by atoms with van der Waals surface area (Å²) >= 11 is 5.72. The molecular formula is C14H14ClN3O. The van der Waals surface area contributed by atoms with Crippen molar-refractivity contribution < 1.29 is 4.79 Å². The van der Waals surface area contributed by atoms with E-state index in [1.54, 1.807) is 29.4 Å². The Hall–Kier alpha value is -1.94. The minimum absolute atomic E-state index is 0.0523. The van der Waals surface area contributed by atoms with Gasteiger partial charge in [0.2, 0.25) is 0 Å². The Morgan fingerprint density at radius 2 is 2.00 bits per heavy atom. The first-order valence-electron chi connectivity index (χ1n) is 6.00. The monoisotopic (exact) mass is 275 g/mol. The molecule has 0 aliphatic rings. The van der Waals surface area contributed by atoms with Crippen LogP contribution in [0, 0.1) is 0 Å². The minimum atomic E-state index is -0.0523. The van der Waals surface area contributed by atoms with Crippen molar-refractivity contribution in [3.05, 3.63) is 59.1 Å². The van der Waals surface area contributed by atoms with Gasteiger partial charge in [-0.1, -0.05) is 11.6 Å². The Morgan fingerprint density at radius 1 is 1.26 bits per heavy atom. The Morgan fingerprint density at radius 3 is 2.58 bits per heavy atom. The van der Waals surface area contributed by atoms with Crippen molar-refractivity contribution in [3.63, 3.8) is 0 Å². The molecule has 2 rings (SSSR count). The lowest BCUT2D eigenvalue weighted by molar-refractivity contribution is 0.0752. The summed E-state index contributed by atoms with van der Waals surface area (Å²) in [5, 5.41) is 0.383. The first-order valence-corrected chi connectivity index (χ1v) is 6.38. The summed E-state index contributed by atoms with van der Waals surface area (Å²) in [5.41, 5.74) is 1.59. The van der Waals surface area contributed by atoms with Crippen molar-refractivity contribution in [3.8, 4) is 0 Å². The maximum atomic E-state index is 12.3. The Bertz CT molecular complexity index is 542. The predicted molar refractivity (Wildman–Crippen MR) is 73.9 cm³/mol. The van der Waals surface area contributed by atoms with Crippen LogP contribution in [0.5, 0.6) is 0 Å². The van der Waals surface area contributed by atoms with Gasteiger partial charge in [-0.15, -0.1) is 0 Å². The molecule has 0 atom stereocenters. The van der Waals surface area contributed by atoms with E-state index in [0.29, 0.717) is 23.8 Å². The zero-order chi connectivity index (χ0) is 13.7. The zero-order valence-corrected chi connectivity index (χ0v) is 11.3. The number of halogens is 1. The van der Waals surface area contributed by atoms with Crippen molar-refractivity contribution >= 4 is 17.5 Å². The highest BCUT2D eigenvalue weighted by Crippen LogP contribution is 2.11. The molecule has 0 radical (unpaired) electrons. The van der Waals surface area contributed by atoms with Gasteiger partial charge in [-0.25, -0.2) is 4.98 Å². The quantitative estimate of drug-likeness (QED) is 0.806. The number of aromatic nitrogens is 2. The summed E-state index contributed by atoms with van der Waals surface area (Å²) in [6.45, 7) is 3.13. The lowest BCUT2D eigenvalue weighted by Crippen LogP contribution is -2.30. The molecule has 5 heteroatoms. The average Bonchev–Trinajstić information content (AvgIpc) is 2.46. The van der Waals surface area contributed by atoms with Crippen LogP contribution in [0.4, 0.5) is 0 Å².